The molecule has 1 aromatic rings. The van der Waals surface area contributed by atoms with Crippen molar-refractivity contribution < 1.29 is 19.1 Å². The van der Waals surface area contributed by atoms with Crippen LogP contribution in [0.2, 0.25) is 0 Å². The molecule has 0 aliphatic carbocycles. The third-order valence-corrected chi connectivity index (χ3v) is 6.02. The van der Waals surface area contributed by atoms with Gasteiger partial charge in [0, 0.05) is 46.4 Å². The van der Waals surface area contributed by atoms with E-state index in [0.29, 0.717) is 19.0 Å². The third kappa shape index (κ3) is 5.48. The fourth-order valence-corrected chi connectivity index (χ4v) is 4.33. The van der Waals surface area contributed by atoms with Gasteiger partial charge in [-0.1, -0.05) is 12.1 Å². The first kappa shape index (κ1) is 21.6. The lowest BCUT2D eigenvalue weighted by atomic mass is 9.97. The van der Waals surface area contributed by atoms with Crippen molar-refractivity contribution in [2.24, 2.45) is 5.92 Å². The van der Waals surface area contributed by atoms with Gasteiger partial charge >= 0.3 is 0 Å². The van der Waals surface area contributed by atoms with Crippen LogP contribution in [0.4, 0.5) is 0 Å². The highest BCUT2D eigenvalue weighted by molar-refractivity contribution is 5.88. The van der Waals surface area contributed by atoms with Crippen molar-refractivity contribution in [2.45, 2.75) is 38.8 Å². The Morgan fingerprint density at radius 2 is 1.97 bits per heavy atom. The van der Waals surface area contributed by atoms with Gasteiger partial charge in [-0.25, -0.2) is 0 Å². The quantitative estimate of drug-likeness (QED) is 0.749. The summed E-state index contributed by atoms with van der Waals surface area (Å²) in [5.74, 6) is 1.40. The standard InChI is InChI=1S/C22H33N3O4/c1-16-12-18(4-5-20(16)29-3)14-25-11-8-23-22(27)19(25)13-21(26)24-9-6-17(7-10-24)15-28-2/h4-5,12,17,19H,6-11,13-15H2,1-3H3,(H,23,27)/t19-/m0/s1. The van der Waals surface area contributed by atoms with Gasteiger partial charge < -0.3 is 19.7 Å². The van der Waals surface area contributed by atoms with Crippen LogP contribution >= 0.6 is 0 Å². The van der Waals surface area contributed by atoms with E-state index in [0.717, 1.165) is 56.0 Å². The minimum atomic E-state index is -0.421. The smallest absolute Gasteiger partial charge is 0.237 e. The number of carbonyl (C=O) groups excluding carboxylic acids is 2. The summed E-state index contributed by atoms with van der Waals surface area (Å²) in [7, 11) is 3.38. The number of nitrogens with zero attached hydrogens (tertiary/aromatic N) is 2. The molecule has 2 aliphatic rings. The Morgan fingerprint density at radius 3 is 2.62 bits per heavy atom. The van der Waals surface area contributed by atoms with Crippen molar-refractivity contribution in [1.29, 1.82) is 0 Å². The first-order valence-corrected chi connectivity index (χ1v) is 10.4. The Labute approximate surface area is 173 Å². The Hall–Kier alpha value is -2.12. The van der Waals surface area contributed by atoms with Crippen LogP contribution in [0.15, 0.2) is 18.2 Å². The van der Waals surface area contributed by atoms with E-state index in [4.69, 9.17) is 9.47 Å². The molecule has 29 heavy (non-hydrogen) atoms. The monoisotopic (exact) mass is 403 g/mol. The van der Waals surface area contributed by atoms with Gasteiger partial charge in [0.2, 0.25) is 11.8 Å². The first-order valence-electron chi connectivity index (χ1n) is 10.4. The van der Waals surface area contributed by atoms with Crippen LogP contribution in [0.3, 0.4) is 0 Å². The van der Waals surface area contributed by atoms with Crippen LogP contribution in [-0.2, 0) is 20.9 Å². The van der Waals surface area contributed by atoms with Crippen LogP contribution in [0, 0.1) is 12.8 Å². The maximum Gasteiger partial charge on any atom is 0.237 e. The minimum absolute atomic E-state index is 0.0518. The van der Waals surface area contributed by atoms with Gasteiger partial charge in [-0.2, -0.15) is 0 Å². The van der Waals surface area contributed by atoms with Gasteiger partial charge in [0.25, 0.3) is 0 Å². The zero-order valence-electron chi connectivity index (χ0n) is 17.8. The van der Waals surface area contributed by atoms with E-state index >= 15 is 0 Å². The van der Waals surface area contributed by atoms with Gasteiger partial charge in [-0.05, 0) is 42.9 Å². The molecule has 0 aromatic heterocycles. The third-order valence-electron chi connectivity index (χ3n) is 6.02. The summed E-state index contributed by atoms with van der Waals surface area (Å²) in [6.07, 6.45) is 2.16. The zero-order valence-corrected chi connectivity index (χ0v) is 17.8. The number of methoxy groups -OCH3 is 2. The molecule has 0 saturated carbocycles. The molecular formula is C22H33N3O4. The van der Waals surface area contributed by atoms with Gasteiger partial charge in [0.1, 0.15) is 5.75 Å². The molecule has 1 aromatic carbocycles. The largest absolute Gasteiger partial charge is 0.496 e. The predicted molar refractivity (Wildman–Crippen MR) is 111 cm³/mol. The summed E-state index contributed by atoms with van der Waals surface area (Å²) in [4.78, 5) is 29.5. The van der Waals surface area contributed by atoms with Crippen molar-refractivity contribution in [1.82, 2.24) is 15.1 Å². The number of benzene rings is 1. The average Bonchev–Trinajstić information content (AvgIpc) is 2.71. The molecule has 3 rings (SSSR count). The summed E-state index contributed by atoms with van der Waals surface area (Å²) >= 11 is 0. The lowest BCUT2D eigenvalue weighted by Crippen LogP contribution is -2.56. The van der Waals surface area contributed by atoms with E-state index in [-0.39, 0.29) is 18.2 Å². The van der Waals surface area contributed by atoms with Gasteiger partial charge in [-0.15, -0.1) is 0 Å². The number of nitrogens with one attached hydrogen (secondary N) is 1. The fourth-order valence-electron chi connectivity index (χ4n) is 4.33. The highest BCUT2D eigenvalue weighted by atomic mass is 16.5. The Morgan fingerprint density at radius 1 is 1.21 bits per heavy atom. The molecule has 2 saturated heterocycles. The molecule has 0 bridgehead atoms. The maximum absolute atomic E-state index is 12.9. The van der Waals surface area contributed by atoms with Gasteiger partial charge in [0.05, 0.1) is 19.6 Å². The summed E-state index contributed by atoms with van der Waals surface area (Å²) in [6, 6.07) is 5.65. The number of amides is 2. The second kappa shape index (κ2) is 10.1. The average molecular weight is 404 g/mol. The second-order valence-corrected chi connectivity index (χ2v) is 8.06. The minimum Gasteiger partial charge on any atom is -0.496 e. The van der Waals surface area contributed by atoms with Gasteiger partial charge in [0.15, 0.2) is 0 Å². The number of likely N-dealkylation sites (tertiary alicyclic amines) is 1. The van der Waals surface area contributed by atoms with Crippen LogP contribution < -0.4 is 10.1 Å². The van der Waals surface area contributed by atoms with Crippen molar-refractivity contribution in [3.8, 4) is 5.75 Å². The molecule has 1 atom stereocenters. The summed E-state index contributed by atoms with van der Waals surface area (Å²) in [6.45, 7) is 6.26. The van der Waals surface area contributed by atoms with E-state index in [1.807, 2.05) is 24.0 Å². The molecule has 7 heteroatoms. The predicted octanol–water partition coefficient (Wildman–Crippen LogP) is 1.58. The lowest BCUT2D eigenvalue weighted by molar-refractivity contribution is -0.140. The molecule has 160 valence electrons. The fraction of sp³-hybridized carbons (Fsp3) is 0.636. The van der Waals surface area contributed by atoms with Crippen LogP contribution in [0.5, 0.6) is 5.75 Å². The van der Waals surface area contributed by atoms with E-state index in [1.54, 1.807) is 14.2 Å². The molecule has 7 nitrogen and oxygen atoms in total. The number of ether oxygens (including phenoxy) is 2. The van der Waals surface area contributed by atoms with Crippen LogP contribution in [0.25, 0.3) is 0 Å². The number of hydrogen-bond acceptors (Lipinski definition) is 5. The Kier molecular flexibility index (Phi) is 7.50. The van der Waals surface area contributed by atoms with Crippen molar-refractivity contribution in [3.05, 3.63) is 29.3 Å². The van der Waals surface area contributed by atoms with E-state index in [2.05, 4.69) is 16.3 Å². The molecular weight excluding hydrogens is 370 g/mol. The molecule has 2 aliphatic heterocycles. The lowest BCUT2D eigenvalue weighted by Gasteiger charge is -2.37. The Bertz CT molecular complexity index is 716. The van der Waals surface area contributed by atoms with E-state index in [9.17, 15) is 9.59 Å². The van der Waals surface area contributed by atoms with Crippen molar-refractivity contribution >= 4 is 11.8 Å². The summed E-state index contributed by atoms with van der Waals surface area (Å²) in [5.41, 5.74) is 2.19. The zero-order chi connectivity index (χ0) is 20.8. The molecule has 0 radical (unpaired) electrons. The first-order chi connectivity index (χ1) is 14.0. The number of piperidine rings is 1. The summed E-state index contributed by atoms with van der Waals surface area (Å²) < 4.78 is 10.6. The second-order valence-electron chi connectivity index (χ2n) is 8.06. The normalized spacial score (nSPS) is 21.1. The van der Waals surface area contributed by atoms with Crippen molar-refractivity contribution in [3.63, 3.8) is 0 Å². The highest BCUT2D eigenvalue weighted by Crippen LogP contribution is 2.23. The van der Waals surface area contributed by atoms with Gasteiger partial charge in [-0.3, -0.25) is 14.5 Å². The molecule has 1 N–H and O–H groups in total. The molecule has 0 unspecified atom stereocenters. The number of hydrogen-bond donors (Lipinski definition) is 1. The van der Waals surface area contributed by atoms with E-state index in [1.165, 1.54) is 0 Å². The van der Waals surface area contributed by atoms with Crippen LogP contribution in [-0.4, -0.2) is 74.7 Å². The number of piperazine rings is 1. The SMILES string of the molecule is COCC1CCN(C(=O)C[C@H]2C(=O)NCCN2Cc2ccc(OC)c(C)c2)CC1. The number of rotatable bonds is 7. The van der Waals surface area contributed by atoms with Crippen LogP contribution in [0.1, 0.15) is 30.4 Å². The number of aryl methyl sites for hydroxylation is 1. The highest BCUT2D eigenvalue weighted by Gasteiger charge is 2.33. The topological polar surface area (TPSA) is 71.1 Å². The van der Waals surface area contributed by atoms with E-state index < -0.39 is 6.04 Å². The Balaban J connectivity index is 1.62. The molecule has 2 heterocycles. The number of carbonyl (C=O) groups is 2. The maximum atomic E-state index is 12.9. The molecule has 2 fully saturated rings. The van der Waals surface area contributed by atoms with Crippen molar-refractivity contribution in [2.75, 3.05) is 47.0 Å². The summed E-state index contributed by atoms with van der Waals surface area (Å²) in [5, 5.41) is 2.92. The molecule has 2 amide bonds. The molecule has 0 spiro atoms.